The van der Waals surface area contributed by atoms with Crippen LogP contribution in [0.25, 0.3) is 0 Å². The molecule has 1 aliphatic rings. The fourth-order valence-corrected chi connectivity index (χ4v) is 2.86. The van der Waals surface area contributed by atoms with Crippen molar-refractivity contribution >= 4 is 5.78 Å². The minimum absolute atomic E-state index is 0. The predicted octanol–water partition coefficient (Wildman–Crippen LogP) is 1.87. The molecule has 1 aliphatic carbocycles. The third kappa shape index (κ3) is 8.47. The molecule has 2 atom stereocenters. The maximum absolute atomic E-state index is 11.6. The third-order valence-electron chi connectivity index (χ3n) is 3.88. The number of hydrogen-bond acceptors (Lipinski definition) is 1. The molecule has 1 rings (SSSR count). The second-order valence-electron chi connectivity index (χ2n) is 5.77. The van der Waals surface area contributed by atoms with Crippen LogP contribution in [0.1, 0.15) is 65.2 Å². The summed E-state index contributed by atoms with van der Waals surface area (Å²) in [7, 11) is 0. The van der Waals surface area contributed by atoms with Crippen LogP contribution in [0, 0.1) is 32.1 Å². The van der Waals surface area contributed by atoms with Crippen molar-refractivity contribution in [2.75, 3.05) is 0 Å². The second-order valence-corrected chi connectivity index (χ2v) is 5.77. The SMILES string of the molecule is [CH2-]CC(=O)C1CCCC(CCCC(C)C)C1.[CH3-].[K+]. The molecule has 2 unspecified atom stereocenters. The van der Waals surface area contributed by atoms with E-state index < -0.39 is 0 Å². The number of Topliss-reactive ketones (excluding diaryl/α,β-unsaturated/α-hetero) is 1. The van der Waals surface area contributed by atoms with Crippen LogP contribution in [0.2, 0.25) is 0 Å². The van der Waals surface area contributed by atoms with Crippen LogP contribution in [0.5, 0.6) is 0 Å². The van der Waals surface area contributed by atoms with E-state index in [1.165, 1.54) is 32.1 Å². The zero-order chi connectivity index (χ0) is 12.0. The molecule has 0 bridgehead atoms. The zero-order valence-corrected chi connectivity index (χ0v) is 16.1. The van der Waals surface area contributed by atoms with Gasteiger partial charge in [0.1, 0.15) is 5.78 Å². The molecule has 0 aromatic carbocycles. The Bertz CT molecular complexity index is 213. The molecule has 1 fully saturated rings. The number of rotatable bonds is 6. The average Bonchev–Trinajstić information content (AvgIpc) is 2.28. The average molecular weight is 278 g/mol. The minimum Gasteiger partial charge on any atom is -0.358 e. The quantitative estimate of drug-likeness (QED) is 0.535. The van der Waals surface area contributed by atoms with E-state index in [4.69, 9.17) is 0 Å². The zero-order valence-electron chi connectivity index (χ0n) is 13.0. The molecule has 0 radical (unpaired) electrons. The van der Waals surface area contributed by atoms with E-state index in [0.717, 1.165) is 24.7 Å². The second kappa shape index (κ2) is 12.1. The van der Waals surface area contributed by atoms with Crippen molar-refractivity contribution < 1.29 is 56.2 Å². The fraction of sp³-hybridized carbons (Fsp3) is 0.812. The Hall–Kier alpha value is 1.31. The van der Waals surface area contributed by atoms with E-state index in [1.54, 1.807) is 0 Å². The van der Waals surface area contributed by atoms with Crippen LogP contribution in [-0.2, 0) is 4.79 Å². The van der Waals surface area contributed by atoms with Gasteiger partial charge < -0.3 is 19.1 Å². The Morgan fingerprint density at radius 3 is 2.56 bits per heavy atom. The molecule has 18 heavy (non-hydrogen) atoms. The summed E-state index contributed by atoms with van der Waals surface area (Å²) in [6, 6.07) is 0. The third-order valence-corrected chi connectivity index (χ3v) is 3.88. The molecule has 1 saturated carbocycles. The minimum atomic E-state index is 0. The van der Waals surface area contributed by atoms with Gasteiger partial charge in [-0.2, -0.15) is 0 Å². The summed E-state index contributed by atoms with van der Waals surface area (Å²) in [6.45, 7) is 8.30. The van der Waals surface area contributed by atoms with Crippen LogP contribution in [0.3, 0.4) is 0 Å². The molecule has 0 heterocycles. The molecule has 1 nitrogen and oxygen atoms in total. The van der Waals surface area contributed by atoms with Crippen LogP contribution in [-0.4, -0.2) is 5.78 Å². The van der Waals surface area contributed by atoms with Crippen LogP contribution < -0.4 is 51.4 Å². The molecule has 0 aliphatic heterocycles. The molecule has 0 amide bonds. The van der Waals surface area contributed by atoms with Gasteiger partial charge in [-0.15, -0.1) is 6.42 Å². The number of ketones is 1. The summed E-state index contributed by atoms with van der Waals surface area (Å²) >= 11 is 0. The summed E-state index contributed by atoms with van der Waals surface area (Å²) in [4.78, 5) is 11.6. The fourth-order valence-electron chi connectivity index (χ4n) is 2.86. The van der Waals surface area contributed by atoms with E-state index in [9.17, 15) is 4.79 Å². The monoisotopic (exact) mass is 277 g/mol. The first kappa shape index (κ1) is 21.6. The molecule has 2 heteroatoms. The summed E-state index contributed by atoms with van der Waals surface area (Å²) < 4.78 is 0. The molecule has 0 N–H and O–H groups in total. The van der Waals surface area contributed by atoms with E-state index in [2.05, 4.69) is 20.8 Å². The van der Waals surface area contributed by atoms with Gasteiger partial charge in [0.25, 0.3) is 0 Å². The van der Waals surface area contributed by atoms with Crippen molar-refractivity contribution in [3.63, 3.8) is 0 Å². The summed E-state index contributed by atoms with van der Waals surface area (Å²) in [5.74, 6) is 2.37. The van der Waals surface area contributed by atoms with Crippen LogP contribution in [0.4, 0.5) is 0 Å². The Morgan fingerprint density at radius 1 is 1.33 bits per heavy atom. The molecule has 0 aromatic heterocycles. The standard InChI is InChI=1S/C15H27O.CH3.K/c1-4-15(16)14-10-6-9-13(11-14)8-5-7-12(2)3;;/h12-14H,1,4-11H2,2-3H3;1H3;/q2*-1;+1. The van der Waals surface area contributed by atoms with Gasteiger partial charge in [-0.3, -0.25) is 0 Å². The van der Waals surface area contributed by atoms with Gasteiger partial charge >= 0.3 is 51.4 Å². The number of carbonyl (C=O) groups excluding carboxylic acids is 1. The topological polar surface area (TPSA) is 17.1 Å². The van der Waals surface area contributed by atoms with Crippen molar-refractivity contribution in [1.82, 2.24) is 0 Å². The van der Waals surface area contributed by atoms with Gasteiger partial charge in [0.2, 0.25) is 0 Å². The molecular weight excluding hydrogens is 247 g/mol. The van der Waals surface area contributed by atoms with Crippen molar-refractivity contribution in [3.8, 4) is 0 Å². The van der Waals surface area contributed by atoms with Gasteiger partial charge in [-0.25, -0.2) is 0 Å². The number of hydrogen-bond donors (Lipinski definition) is 0. The first-order valence-corrected chi connectivity index (χ1v) is 6.95. The Morgan fingerprint density at radius 2 is 2.00 bits per heavy atom. The molecule has 0 aromatic rings. The van der Waals surface area contributed by atoms with E-state index in [1.807, 2.05) is 0 Å². The van der Waals surface area contributed by atoms with Crippen molar-refractivity contribution in [2.45, 2.75) is 65.2 Å². The van der Waals surface area contributed by atoms with E-state index >= 15 is 0 Å². The summed E-state index contributed by atoms with van der Waals surface area (Å²) in [5.41, 5.74) is 0. The smallest absolute Gasteiger partial charge is 0.358 e. The predicted molar refractivity (Wildman–Crippen MR) is 75.5 cm³/mol. The van der Waals surface area contributed by atoms with E-state index in [-0.39, 0.29) is 58.8 Å². The van der Waals surface area contributed by atoms with Gasteiger partial charge in [-0.1, -0.05) is 46.0 Å². The van der Waals surface area contributed by atoms with Gasteiger partial charge in [0.15, 0.2) is 0 Å². The van der Waals surface area contributed by atoms with Crippen molar-refractivity contribution in [1.29, 1.82) is 0 Å². The Balaban J connectivity index is 0. The summed E-state index contributed by atoms with van der Waals surface area (Å²) in [5, 5.41) is 0. The van der Waals surface area contributed by atoms with Crippen molar-refractivity contribution in [2.24, 2.45) is 17.8 Å². The van der Waals surface area contributed by atoms with Gasteiger partial charge in [0, 0.05) is 5.92 Å². The molecule has 102 valence electrons. The molecule has 0 saturated heterocycles. The first-order chi connectivity index (χ1) is 7.63. The molecular formula is C16H30KO-. The first-order valence-electron chi connectivity index (χ1n) is 6.95. The van der Waals surface area contributed by atoms with Crippen LogP contribution in [0.15, 0.2) is 0 Å². The maximum atomic E-state index is 11.6. The maximum Gasteiger partial charge on any atom is 1.00 e. The Labute approximate surface area is 157 Å². The van der Waals surface area contributed by atoms with Crippen LogP contribution >= 0.6 is 0 Å². The Kier molecular flexibility index (Phi) is 14.5. The van der Waals surface area contributed by atoms with Gasteiger partial charge in [0.05, 0.1) is 0 Å². The van der Waals surface area contributed by atoms with Crippen molar-refractivity contribution in [3.05, 3.63) is 14.4 Å². The molecule has 0 spiro atoms. The largest absolute Gasteiger partial charge is 1.00 e. The summed E-state index contributed by atoms with van der Waals surface area (Å²) in [6.07, 6.45) is 9.36. The van der Waals surface area contributed by atoms with Gasteiger partial charge in [-0.05, 0) is 24.7 Å². The normalized spacial score (nSPS) is 23.1. The number of carbonyl (C=O) groups is 1. The van der Waals surface area contributed by atoms with E-state index in [0.29, 0.717) is 18.1 Å².